The van der Waals surface area contributed by atoms with Crippen LogP contribution in [-0.2, 0) is 34.1 Å². The zero-order chi connectivity index (χ0) is 5.15. The average molecular weight is 234 g/mol. The average Bonchev–Trinajstić information content (AvgIpc) is 1.36. The van der Waals surface area contributed by atoms with Gasteiger partial charge in [-0.15, -0.1) is 0 Å². The van der Waals surface area contributed by atoms with E-state index in [1.807, 2.05) is 13.8 Å². The molecular weight excluding hydrogens is 224 g/mol. The van der Waals surface area contributed by atoms with Crippen LogP contribution in [0, 0.1) is 0 Å². The summed E-state index contributed by atoms with van der Waals surface area (Å²) in [6.45, 7) is 4.06. The Balaban J connectivity index is -0.000000125. The molecule has 0 heterocycles. The summed E-state index contributed by atoms with van der Waals surface area (Å²) in [4.78, 5) is 0. The first kappa shape index (κ1) is 16.4. The van der Waals surface area contributed by atoms with Crippen LogP contribution in [0.15, 0.2) is 0 Å². The Hall–Kier alpha value is 1.74. The number of thiol groups is 2. The van der Waals surface area contributed by atoms with Crippen molar-refractivity contribution in [1.29, 1.82) is 0 Å². The van der Waals surface area contributed by atoms with Gasteiger partial charge >= 0.3 is 0 Å². The van der Waals surface area contributed by atoms with Gasteiger partial charge in [0.05, 0.1) is 0 Å². The first-order valence-corrected chi connectivity index (χ1v) is 3.04. The molecule has 0 aliphatic carbocycles. The normalized spacial score (nSPS) is 15.0. The topological polar surface area (TPSA) is 0 Å². The molecule has 0 radical (unpaired) electrons. The molecule has 0 aromatic heterocycles. The predicted molar refractivity (Wildman–Crippen MR) is 36.9 cm³/mol. The van der Waals surface area contributed by atoms with Gasteiger partial charge in [0.1, 0.15) is 0 Å². The zero-order valence-corrected chi connectivity index (χ0v) is 8.75. The summed E-state index contributed by atoms with van der Waals surface area (Å²) in [5.41, 5.74) is 0. The fraction of sp³-hybridized carbons (Fsp3) is 1.00. The molecule has 0 aromatic rings. The molecule has 0 amide bonds. The van der Waals surface area contributed by atoms with Gasteiger partial charge in [-0.2, -0.15) is 25.3 Å². The molecule has 0 saturated heterocycles. The van der Waals surface area contributed by atoms with Crippen LogP contribution in [0.25, 0.3) is 0 Å². The molecule has 54 valence electrons. The van der Waals surface area contributed by atoms with Crippen LogP contribution in [0.3, 0.4) is 0 Å². The molecular formula is C4H10Fe2S2. The molecule has 0 aliphatic heterocycles. The minimum Gasteiger partial charge on any atom is -0.175 e. The molecule has 4 heteroatoms. The maximum atomic E-state index is 4.12. The van der Waals surface area contributed by atoms with Crippen LogP contribution < -0.4 is 0 Å². The maximum absolute atomic E-state index is 4.12. The van der Waals surface area contributed by atoms with E-state index in [1.54, 1.807) is 0 Å². The van der Waals surface area contributed by atoms with Gasteiger partial charge < -0.3 is 0 Å². The molecule has 2 unspecified atom stereocenters. The van der Waals surface area contributed by atoms with Gasteiger partial charge in [-0.3, -0.25) is 0 Å². The van der Waals surface area contributed by atoms with Crippen LogP contribution in [-0.4, -0.2) is 10.5 Å². The minimum atomic E-state index is 0. The quantitative estimate of drug-likeness (QED) is 0.499. The van der Waals surface area contributed by atoms with Gasteiger partial charge in [0, 0.05) is 44.6 Å². The van der Waals surface area contributed by atoms with Crippen molar-refractivity contribution in [2.75, 3.05) is 0 Å². The van der Waals surface area contributed by atoms with E-state index in [0.717, 1.165) is 0 Å². The smallest absolute Gasteiger partial charge is 0.0102 e. The molecule has 0 aliphatic rings. The first-order chi connectivity index (χ1) is 2.64. The molecule has 0 fully saturated rings. The molecule has 0 rings (SSSR count). The maximum Gasteiger partial charge on any atom is 0.0102 e. The van der Waals surface area contributed by atoms with E-state index in [9.17, 15) is 0 Å². The van der Waals surface area contributed by atoms with Crippen molar-refractivity contribution in [1.82, 2.24) is 0 Å². The number of hydrogen-bond donors (Lipinski definition) is 2. The standard InChI is InChI=1S/C4H10S2.2Fe/c1-3(5)4(2)6;;/h3-6H,1-2H3;;. The second-order valence-electron chi connectivity index (χ2n) is 1.48. The second-order valence-corrected chi connectivity index (χ2v) is 3.11. The Bertz CT molecular complexity index is 33.0. The number of rotatable bonds is 1. The SMILES string of the molecule is CC(S)C(C)S.[Fe].[Fe]. The molecule has 0 saturated carbocycles. The Morgan fingerprint density at radius 3 is 1.00 bits per heavy atom. The largest absolute Gasteiger partial charge is 0.175 e. The third-order valence-corrected chi connectivity index (χ3v) is 1.83. The van der Waals surface area contributed by atoms with E-state index in [4.69, 9.17) is 0 Å². The van der Waals surface area contributed by atoms with Crippen LogP contribution >= 0.6 is 25.3 Å². The van der Waals surface area contributed by atoms with Crippen LogP contribution in [0.5, 0.6) is 0 Å². The second kappa shape index (κ2) is 8.74. The van der Waals surface area contributed by atoms with Crippen molar-refractivity contribution in [3.63, 3.8) is 0 Å². The monoisotopic (exact) mass is 234 g/mol. The Morgan fingerprint density at radius 1 is 0.875 bits per heavy atom. The van der Waals surface area contributed by atoms with Crippen molar-refractivity contribution in [2.45, 2.75) is 24.3 Å². The Labute approximate surface area is 83.3 Å². The molecule has 0 bridgehead atoms. The summed E-state index contributed by atoms with van der Waals surface area (Å²) < 4.78 is 0. The molecule has 2 atom stereocenters. The molecule has 0 N–H and O–H groups in total. The van der Waals surface area contributed by atoms with Crippen molar-refractivity contribution in [2.24, 2.45) is 0 Å². The van der Waals surface area contributed by atoms with Crippen LogP contribution in [0.2, 0.25) is 0 Å². The van der Waals surface area contributed by atoms with Crippen molar-refractivity contribution in [3.8, 4) is 0 Å². The fourth-order valence-electron chi connectivity index (χ4n) is 0. The van der Waals surface area contributed by atoms with Crippen molar-refractivity contribution in [3.05, 3.63) is 0 Å². The van der Waals surface area contributed by atoms with E-state index in [-0.39, 0.29) is 34.1 Å². The molecule has 8 heavy (non-hydrogen) atoms. The minimum absolute atomic E-state index is 0. The van der Waals surface area contributed by atoms with Crippen molar-refractivity contribution < 1.29 is 34.1 Å². The predicted octanol–water partition coefficient (Wildman–Crippen LogP) is 1.62. The summed E-state index contributed by atoms with van der Waals surface area (Å²) in [5.74, 6) is 0. The van der Waals surface area contributed by atoms with E-state index in [0.29, 0.717) is 10.5 Å². The van der Waals surface area contributed by atoms with Gasteiger partial charge in [-0.1, -0.05) is 13.8 Å². The van der Waals surface area contributed by atoms with Gasteiger partial charge in [0.15, 0.2) is 0 Å². The van der Waals surface area contributed by atoms with Gasteiger partial charge in [0.25, 0.3) is 0 Å². The van der Waals surface area contributed by atoms with Crippen molar-refractivity contribution >= 4 is 25.3 Å². The van der Waals surface area contributed by atoms with E-state index in [1.165, 1.54) is 0 Å². The summed E-state index contributed by atoms with van der Waals surface area (Å²) in [7, 11) is 0. The number of hydrogen-bond acceptors (Lipinski definition) is 2. The first-order valence-electron chi connectivity index (χ1n) is 2.00. The zero-order valence-electron chi connectivity index (χ0n) is 4.76. The molecule has 0 nitrogen and oxygen atoms in total. The Kier molecular flexibility index (Phi) is 17.9. The van der Waals surface area contributed by atoms with Gasteiger partial charge in [-0.05, 0) is 0 Å². The Morgan fingerprint density at radius 2 is 1.00 bits per heavy atom. The van der Waals surface area contributed by atoms with E-state index >= 15 is 0 Å². The third-order valence-electron chi connectivity index (χ3n) is 0.698. The van der Waals surface area contributed by atoms with Crippen LogP contribution in [0.4, 0.5) is 0 Å². The summed E-state index contributed by atoms with van der Waals surface area (Å²) in [6.07, 6.45) is 0. The van der Waals surface area contributed by atoms with Crippen LogP contribution in [0.1, 0.15) is 13.8 Å². The fourth-order valence-corrected chi connectivity index (χ4v) is 0. The summed E-state index contributed by atoms with van der Waals surface area (Å²) in [6, 6.07) is 0. The summed E-state index contributed by atoms with van der Waals surface area (Å²) in [5, 5.41) is 0.821. The molecule has 0 aromatic carbocycles. The summed E-state index contributed by atoms with van der Waals surface area (Å²) >= 11 is 8.23. The third kappa shape index (κ3) is 10.7. The van der Waals surface area contributed by atoms with Gasteiger partial charge in [-0.25, -0.2) is 0 Å². The van der Waals surface area contributed by atoms with Gasteiger partial charge in [0.2, 0.25) is 0 Å². The molecule has 0 spiro atoms. The van der Waals surface area contributed by atoms with E-state index in [2.05, 4.69) is 25.3 Å². The van der Waals surface area contributed by atoms with E-state index < -0.39 is 0 Å².